The first-order valence-corrected chi connectivity index (χ1v) is 14.8. The van der Waals surface area contributed by atoms with Crippen LogP contribution in [-0.2, 0) is 19.2 Å². The number of rotatable bonds is 13. The monoisotopic (exact) mass is 675 g/mol. The highest BCUT2D eigenvalue weighted by atomic mass is 32.2. The second-order valence-corrected chi connectivity index (χ2v) is 11.2. The van der Waals surface area contributed by atoms with E-state index in [4.69, 9.17) is 10.8 Å². The fourth-order valence-corrected chi connectivity index (χ4v) is 5.40. The summed E-state index contributed by atoms with van der Waals surface area (Å²) in [5.41, 5.74) is 7.05. The number of nitrogens with zero attached hydrogens (tertiary/aromatic N) is 2. The SMILES string of the molecule is CN1C(=O)[C@@H](NC(=O)[C@H](CCC(F)(F)F)[C@H](CCC(F)(F)F)C(=O)NSC[C@H](N)C(=O)O)N=C(c2ccccc2)c2ccccc21. The predicted molar refractivity (Wildman–Crippen MR) is 158 cm³/mol. The highest BCUT2D eigenvalue weighted by Crippen LogP contribution is 2.34. The van der Waals surface area contributed by atoms with Crippen LogP contribution in [0.25, 0.3) is 0 Å². The van der Waals surface area contributed by atoms with Crippen molar-refractivity contribution in [3.05, 3.63) is 65.7 Å². The lowest BCUT2D eigenvalue weighted by atomic mass is 9.83. The standard InChI is InChI=1S/C29H31F6N5O5S/c1-40-21-10-6-5-9-19(21)22(16-7-3-2-4-8-16)37-23(26(40)43)38-24(41)17(11-13-28(30,31)32)18(12-14-29(33,34)35)25(42)39-46-15-20(36)27(44)45/h2-10,17-18,20,23H,11-15,36H2,1H3,(H,38,41)(H,39,42)(H,44,45)/t17-,18+,20+,23-/m1/s1. The Labute approximate surface area is 263 Å². The number of halogens is 6. The van der Waals surface area contributed by atoms with Crippen molar-refractivity contribution in [1.29, 1.82) is 0 Å². The third kappa shape index (κ3) is 10.2. The number of likely N-dealkylation sites (N-methyl/N-ethyl adjacent to an activating group) is 1. The fourth-order valence-electron chi connectivity index (χ4n) is 4.70. The zero-order chi connectivity index (χ0) is 34.2. The molecule has 0 aromatic heterocycles. The number of nitrogens with one attached hydrogen (secondary N) is 2. The van der Waals surface area contributed by atoms with Gasteiger partial charge < -0.3 is 21.1 Å². The van der Waals surface area contributed by atoms with Gasteiger partial charge in [-0.3, -0.25) is 23.9 Å². The number of benzene rings is 2. The molecule has 10 nitrogen and oxygen atoms in total. The lowest BCUT2D eigenvalue weighted by Gasteiger charge is -2.28. The summed E-state index contributed by atoms with van der Waals surface area (Å²) in [6.45, 7) is 0. The molecule has 0 aliphatic carbocycles. The van der Waals surface area contributed by atoms with Gasteiger partial charge in [-0.25, -0.2) is 4.99 Å². The molecule has 46 heavy (non-hydrogen) atoms. The van der Waals surface area contributed by atoms with Crippen molar-refractivity contribution in [3.8, 4) is 0 Å². The maximum Gasteiger partial charge on any atom is 0.389 e. The molecule has 0 unspecified atom stereocenters. The average Bonchev–Trinajstić information content (AvgIpc) is 3.08. The van der Waals surface area contributed by atoms with Gasteiger partial charge in [0.2, 0.25) is 18.0 Å². The first kappa shape index (κ1) is 36.3. The van der Waals surface area contributed by atoms with Crippen LogP contribution in [0.3, 0.4) is 0 Å². The first-order valence-electron chi connectivity index (χ1n) is 13.8. The first-order chi connectivity index (χ1) is 21.5. The van der Waals surface area contributed by atoms with E-state index in [2.05, 4.69) is 15.0 Å². The molecule has 0 fully saturated rings. The summed E-state index contributed by atoms with van der Waals surface area (Å²) >= 11 is 0.419. The van der Waals surface area contributed by atoms with E-state index < -0.39 is 91.5 Å². The molecule has 4 atom stereocenters. The molecule has 3 rings (SSSR count). The molecule has 0 saturated heterocycles. The van der Waals surface area contributed by atoms with E-state index in [0.29, 0.717) is 28.8 Å². The third-order valence-electron chi connectivity index (χ3n) is 7.06. The Morgan fingerprint density at radius 3 is 2.04 bits per heavy atom. The van der Waals surface area contributed by atoms with E-state index in [-0.39, 0.29) is 5.71 Å². The zero-order valence-electron chi connectivity index (χ0n) is 24.3. The molecule has 5 N–H and O–H groups in total. The molecular formula is C29H31F6N5O5S. The number of hydrogen-bond acceptors (Lipinski definition) is 7. The van der Waals surface area contributed by atoms with Gasteiger partial charge in [-0.15, -0.1) is 0 Å². The molecule has 0 bridgehead atoms. The molecule has 2 aromatic carbocycles. The predicted octanol–water partition coefficient (Wildman–Crippen LogP) is 4.04. The highest BCUT2D eigenvalue weighted by molar-refractivity contribution is 7.98. The van der Waals surface area contributed by atoms with Gasteiger partial charge in [-0.1, -0.05) is 48.5 Å². The summed E-state index contributed by atoms with van der Waals surface area (Å²) in [5.74, 6) is -9.13. The Kier molecular flexibility index (Phi) is 12.2. The average molecular weight is 676 g/mol. The van der Waals surface area contributed by atoms with Gasteiger partial charge in [0.15, 0.2) is 0 Å². The Hall–Kier alpha value is -4.12. The van der Waals surface area contributed by atoms with Crippen molar-refractivity contribution in [3.63, 3.8) is 0 Å². The number of carboxylic acids is 1. The molecule has 1 heterocycles. The molecule has 250 valence electrons. The topological polar surface area (TPSA) is 154 Å². The molecule has 0 radical (unpaired) electrons. The molecule has 17 heteroatoms. The number of hydrogen-bond donors (Lipinski definition) is 4. The summed E-state index contributed by atoms with van der Waals surface area (Å²) in [7, 11) is 1.39. The molecule has 2 aromatic rings. The van der Waals surface area contributed by atoms with Crippen molar-refractivity contribution < 1.29 is 50.6 Å². The molecule has 0 saturated carbocycles. The van der Waals surface area contributed by atoms with Gasteiger partial charge in [-0.2, -0.15) is 26.3 Å². The second-order valence-electron chi connectivity index (χ2n) is 10.4. The van der Waals surface area contributed by atoms with Crippen LogP contribution in [-0.4, -0.2) is 71.9 Å². The van der Waals surface area contributed by atoms with E-state index in [1.165, 1.54) is 11.9 Å². The number of nitrogens with two attached hydrogens (primary N) is 1. The van der Waals surface area contributed by atoms with Crippen molar-refractivity contribution in [2.45, 2.75) is 50.2 Å². The summed E-state index contributed by atoms with van der Waals surface area (Å²) in [6.07, 6.45) is -16.8. The number of amides is 3. The Balaban J connectivity index is 2.00. The Morgan fingerprint density at radius 2 is 1.48 bits per heavy atom. The van der Waals surface area contributed by atoms with Crippen molar-refractivity contribution in [2.24, 2.45) is 22.6 Å². The maximum atomic E-state index is 13.7. The number of aliphatic imine (C=N–C) groups is 1. The molecule has 3 amide bonds. The van der Waals surface area contributed by atoms with Gasteiger partial charge in [0.25, 0.3) is 5.91 Å². The van der Waals surface area contributed by atoms with Gasteiger partial charge in [0.05, 0.1) is 17.3 Å². The van der Waals surface area contributed by atoms with Gasteiger partial charge in [0, 0.05) is 42.7 Å². The zero-order valence-corrected chi connectivity index (χ0v) is 25.1. The second kappa shape index (κ2) is 15.4. The smallest absolute Gasteiger partial charge is 0.389 e. The number of fused-ring (bicyclic) bond motifs is 1. The van der Waals surface area contributed by atoms with Crippen molar-refractivity contribution in [2.75, 3.05) is 17.7 Å². The van der Waals surface area contributed by atoms with E-state index in [1.807, 2.05) is 0 Å². The van der Waals surface area contributed by atoms with Gasteiger partial charge in [0.1, 0.15) is 6.04 Å². The van der Waals surface area contributed by atoms with Crippen LogP contribution in [0.2, 0.25) is 0 Å². The molecule has 1 aliphatic rings. The van der Waals surface area contributed by atoms with Crippen LogP contribution < -0.4 is 20.7 Å². The minimum absolute atomic E-state index is 0.253. The highest BCUT2D eigenvalue weighted by Gasteiger charge is 2.42. The number of anilines is 1. The Morgan fingerprint density at radius 1 is 0.935 bits per heavy atom. The van der Waals surface area contributed by atoms with Crippen LogP contribution in [0, 0.1) is 11.8 Å². The summed E-state index contributed by atoms with van der Waals surface area (Å²) in [4.78, 5) is 56.9. The summed E-state index contributed by atoms with van der Waals surface area (Å²) in [6, 6.07) is 13.7. The largest absolute Gasteiger partial charge is 0.480 e. The quantitative estimate of drug-likeness (QED) is 0.185. The Bertz CT molecular complexity index is 1440. The maximum absolute atomic E-state index is 13.7. The number of aliphatic carboxylic acids is 1. The lowest BCUT2D eigenvalue weighted by molar-refractivity contribution is -0.152. The summed E-state index contributed by atoms with van der Waals surface area (Å²) in [5, 5.41) is 11.2. The van der Waals surface area contributed by atoms with E-state index in [0.717, 1.165) is 0 Å². The molecule has 0 spiro atoms. The summed E-state index contributed by atoms with van der Waals surface area (Å²) < 4.78 is 81.8. The van der Waals surface area contributed by atoms with Gasteiger partial charge >= 0.3 is 18.3 Å². The minimum Gasteiger partial charge on any atom is -0.480 e. The van der Waals surface area contributed by atoms with E-state index in [9.17, 15) is 45.5 Å². The number of carboxylic acid groups (broad SMARTS) is 1. The fraction of sp³-hybridized carbons (Fsp3) is 0.414. The number of alkyl halides is 6. The number of para-hydroxylation sites is 1. The van der Waals surface area contributed by atoms with Crippen molar-refractivity contribution in [1.82, 2.24) is 10.0 Å². The molecule has 1 aliphatic heterocycles. The van der Waals surface area contributed by atoms with Crippen LogP contribution in [0.4, 0.5) is 32.0 Å². The number of carbonyl (C=O) groups is 4. The van der Waals surface area contributed by atoms with E-state index >= 15 is 0 Å². The van der Waals surface area contributed by atoms with Crippen molar-refractivity contribution >= 4 is 47.0 Å². The van der Waals surface area contributed by atoms with Crippen LogP contribution in [0.15, 0.2) is 59.6 Å². The number of benzodiazepines with no additional fused rings is 1. The third-order valence-corrected chi connectivity index (χ3v) is 7.93. The van der Waals surface area contributed by atoms with Crippen LogP contribution in [0.5, 0.6) is 0 Å². The number of carbonyl (C=O) groups excluding carboxylic acids is 3. The lowest BCUT2D eigenvalue weighted by Crippen LogP contribution is -2.50. The van der Waals surface area contributed by atoms with Gasteiger partial charge in [-0.05, 0) is 30.9 Å². The normalized spacial score (nSPS) is 17.2. The van der Waals surface area contributed by atoms with E-state index in [1.54, 1.807) is 54.6 Å². The van der Waals surface area contributed by atoms with Crippen LogP contribution in [0.1, 0.15) is 36.8 Å². The van der Waals surface area contributed by atoms with Crippen LogP contribution >= 0.6 is 11.9 Å². The molecular weight excluding hydrogens is 644 g/mol. The minimum atomic E-state index is -4.84.